The number of rotatable bonds is 5. The van der Waals surface area contributed by atoms with E-state index in [0.717, 1.165) is 0 Å². The molecule has 0 saturated heterocycles. The summed E-state index contributed by atoms with van der Waals surface area (Å²) >= 11 is 1.55. The van der Waals surface area contributed by atoms with Gasteiger partial charge < -0.3 is 14.8 Å². The van der Waals surface area contributed by atoms with Gasteiger partial charge in [-0.25, -0.2) is 4.79 Å². The van der Waals surface area contributed by atoms with E-state index in [2.05, 4.69) is 5.32 Å². The molecule has 0 radical (unpaired) electrons. The Morgan fingerprint density at radius 3 is 2.53 bits per heavy atom. The van der Waals surface area contributed by atoms with Gasteiger partial charge in [0, 0.05) is 4.75 Å². The molecule has 0 aliphatic carbocycles. The van der Waals surface area contributed by atoms with Gasteiger partial charge in [-0.05, 0) is 13.0 Å². The molecule has 106 valence electrons. The SMILES string of the molecule is Cc1oc(CNC(=O)CSC(C)(C)C)cc1C(=O)O. The lowest BCUT2D eigenvalue weighted by Crippen LogP contribution is -2.26. The van der Waals surface area contributed by atoms with Gasteiger partial charge in [0.05, 0.1) is 12.3 Å². The minimum atomic E-state index is -1.03. The van der Waals surface area contributed by atoms with Crippen LogP contribution in [-0.2, 0) is 11.3 Å². The summed E-state index contributed by atoms with van der Waals surface area (Å²) in [5.74, 6) is 0.0485. The van der Waals surface area contributed by atoms with Gasteiger partial charge in [-0.15, -0.1) is 11.8 Å². The number of carbonyl (C=O) groups is 2. The smallest absolute Gasteiger partial charge is 0.339 e. The molecule has 1 heterocycles. The Morgan fingerprint density at radius 2 is 2.05 bits per heavy atom. The van der Waals surface area contributed by atoms with Crippen LogP contribution in [0.5, 0.6) is 0 Å². The highest BCUT2D eigenvalue weighted by Crippen LogP contribution is 2.22. The van der Waals surface area contributed by atoms with Crippen LogP contribution in [0, 0.1) is 6.92 Å². The monoisotopic (exact) mass is 285 g/mol. The molecule has 0 atom stereocenters. The number of carbonyl (C=O) groups excluding carboxylic acids is 1. The van der Waals surface area contributed by atoms with Crippen LogP contribution in [-0.4, -0.2) is 27.5 Å². The zero-order valence-corrected chi connectivity index (χ0v) is 12.4. The van der Waals surface area contributed by atoms with Crippen LogP contribution in [0.15, 0.2) is 10.5 Å². The van der Waals surface area contributed by atoms with Gasteiger partial charge in [-0.3, -0.25) is 4.79 Å². The molecule has 1 rings (SSSR count). The van der Waals surface area contributed by atoms with Crippen LogP contribution < -0.4 is 5.32 Å². The number of carboxylic acid groups (broad SMARTS) is 1. The van der Waals surface area contributed by atoms with Crippen molar-refractivity contribution in [1.82, 2.24) is 5.32 Å². The second kappa shape index (κ2) is 6.14. The van der Waals surface area contributed by atoms with Crippen molar-refractivity contribution in [2.75, 3.05) is 5.75 Å². The first-order chi connectivity index (χ1) is 8.69. The van der Waals surface area contributed by atoms with E-state index in [1.54, 1.807) is 18.7 Å². The number of carboxylic acids is 1. The van der Waals surface area contributed by atoms with Gasteiger partial charge in [0.25, 0.3) is 0 Å². The molecule has 1 aromatic heterocycles. The van der Waals surface area contributed by atoms with E-state index >= 15 is 0 Å². The van der Waals surface area contributed by atoms with Gasteiger partial charge in [-0.2, -0.15) is 0 Å². The molecule has 0 bridgehead atoms. The van der Waals surface area contributed by atoms with Crippen LogP contribution in [0.4, 0.5) is 0 Å². The quantitative estimate of drug-likeness (QED) is 0.868. The first kappa shape index (κ1) is 15.6. The van der Waals surface area contributed by atoms with E-state index < -0.39 is 5.97 Å². The molecule has 0 saturated carbocycles. The summed E-state index contributed by atoms with van der Waals surface area (Å²) in [5, 5.41) is 11.6. The highest BCUT2D eigenvalue weighted by atomic mass is 32.2. The van der Waals surface area contributed by atoms with Gasteiger partial charge in [0.15, 0.2) is 0 Å². The Morgan fingerprint density at radius 1 is 1.42 bits per heavy atom. The van der Waals surface area contributed by atoms with Crippen LogP contribution in [0.25, 0.3) is 0 Å². The van der Waals surface area contributed by atoms with E-state index in [1.807, 2.05) is 20.8 Å². The second-order valence-corrected chi connectivity index (χ2v) is 6.97. The molecule has 1 amide bonds. The van der Waals surface area contributed by atoms with Crippen LogP contribution in [0.1, 0.15) is 42.6 Å². The highest BCUT2D eigenvalue weighted by molar-refractivity contribution is 8.01. The summed E-state index contributed by atoms with van der Waals surface area (Å²) in [6.45, 7) is 7.92. The average Bonchev–Trinajstić information content (AvgIpc) is 2.64. The van der Waals surface area contributed by atoms with Crippen molar-refractivity contribution in [2.24, 2.45) is 0 Å². The minimum absolute atomic E-state index is 0.0368. The van der Waals surface area contributed by atoms with Crippen molar-refractivity contribution in [2.45, 2.75) is 39.0 Å². The number of hydrogen-bond acceptors (Lipinski definition) is 4. The second-order valence-electron chi connectivity index (χ2n) is 5.17. The van der Waals surface area contributed by atoms with E-state index in [0.29, 0.717) is 17.3 Å². The van der Waals surface area contributed by atoms with Crippen molar-refractivity contribution in [3.05, 3.63) is 23.2 Å². The maximum absolute atomic E-state index is 11.6. The number of thioether (sulfide) groups is 1. The third-order valence-corrected chi connectivity index (χ3v) is 3.57. The average molecular weight is 285 g/mol. The van der Waals surface area contributed by atoms with Crippen molar-refractivity contribution in [3.8, 4) is 0 Å². The fourth-order valence-electron chi connectivity index (χ4n) is 1.36. The zero-order valence-electron chi connectivity index (χ0n) is 11.6. The molecule has 2 N–H and O–H groups in total. The van der Waals surface area contributed by atoms with Crippen LogP contribution >= 0.6 is 11.8 Å². The fourth-order valence-corrected chi connectivity index (χ4v) is 2.03. The van der Waals surface area contributed by atoms with E-state index in [4.69, 9.17) is 9.52 Å². The number of amides is 1. The molecule has 0 aliphatic heterocycles. The molecule has 0 spiro atoms. The van der Waals surface area contributed by atoms with E-state index in [-0.39, 0.29) is 22.8 Å². The van der Waals surface area contributed by atoms with Gasteiger partial charge in [0.2, 0.25) is 5.91 Å². The molecule has 0 fully saturated rings. The van der Waals surface area contributed by atoms with Crippen molar-refractivity contribution in [3.63, 3.8) is 0 Å². The van der Waals surface area contributed by atoms with Crippen LogP contribution in [0.3, 0.4) is 0 Å². The predicted octanol–water partition coefficient (Wildman–Crippen LogP) is 2.43. The molecular weight excluding hydrogens is 266 g/mol. The number of aryl methyl sites for hydroxylation is 1. The number of hydrogen-bond donors (Lipinski definition) is 2. The summed E-state index contributed by atoms with van der Waals surface area (Å²) in [6, 6.07) is 1.44. The fraction of sp³-hybridized carbons (Fsp3) is 0.538. The standard InChI is InChI=1S/C13H19NO4S/c1-8-10(12(16)17)5-9(18-8)6-14-11(15)7-19-13(2,3)4/h5H,6-7H2,1-4H3,(H,14,15)(H,16,17). The highest BCUT2D eigenvalue weighted by Gasteiger charge is 2.15. The first-order valence-electron chi connectivity index (χ1n) is 5.92. The summed E-state index contributed by atoms with van der Waals surface area (Å²) in [6.07, 6.45) is 0. The lowest BCUT2D eigenvalue weighted by Gasteiger charge is -2.16. The summed E-state index contributed by atoms with van der Waals surface area (Å²) in [4.78, 5) is 22.4. The van der Waals surface area contributed by atoms with E-state index in [1.165, 1.54) is 6.07 Å². The molecule has 5 nitrogen and oxygen atoms in total. The topological polar surface area (TPSA) is 79.5 Å². The van der Waals surface area contributed by atoms with Gasteiger partial charge in [0.1, 0.15) is 17.1 Å². The Hall–Kier alpha value is -1.43. The minimum Gasteiger partial charge on any atom is -0.478 e. The number of nitrogens with one attached hydrogen (secondary N) is 1. The molecule has 1 aromatic rings. The third kappa shape index (κ3) is 5.38. The third-order valence-electron chi connectivity index (χ3n) is 2.30. The molecule has 0 aliphatic rings. The summed E-state index contributed by atoms with van der Waals surface area (Å²) in [5.41, 5.74) is 0.133. The Kier molecular flexibility index (Phi) is 5.05. The molecular formula is C13H19NO4S. The van der Waals surface area contributed by atoms with Gasteiger partial charge >= 0.3 is 5.97 Å². The molecule has 6 heteroatoms. The first-order valence-corrected chi connectivity index (χ1v) is 6.91. The largest absolute Gasteiger partial charge is 0.478 e. The van der Waals surface area contributed by atoms with Crippen LogP contribution in [0.2, 0.25) is 0 Å². The van der Waals surface area contributed by atoms with Crippen molar-refractivity contribution in [1.29, 1.82) is 0 Å². The Labute approximate surface area is 116 Å². The van der Waals surface area contributed by atoms with Crippen molar-refractivity contribution < 1.29 is 19.1 Å². The predicted molar refractivity (Wildman–Crippen MR) is 74.5 cm³/mol. The summed E-state index contributed by atoms with van der Waals surface area (Å²) in [7, 11) is 0. The number of furan rings is 1. The lowest BCUT2D eigenvalue weighted by molar-refractivity contribution is -0.118. The Balaban J connectivity index is 2.47. The Bertz CT molecular complexity index is 473. The molecule has 0 aromatic carbocycles. The normalized spacial score (nSPS) is 11.4. The lowest BCUT2D eigenvalue weighted by atomic mass is 10.2. The zero-order chi connectivity index (χ0) is 14.6. The maximum atomic E-state index is 11.6. The summed E-state index contributed by atoms with van der Waals surface area (Å²) < 4.78 is 5.31. The van der Waals surface area contributed by atoms with Crippen molar-refractivity contribution >= 4 is 23.6 Å². The van der Waals surface area contributed by atoms with E-state index in [9.17, 15) is 9.59 Å². The number of aromatic carboxylic acids is 1. The maximum Gasteiger partial charge on any atom is 0.339 e. The molecule has 0 unspecified atom stereocenters. The molecule has 19 heavy (non-hydrogen) atoms. The van der Waals surface area contributed by atoms with Gasteiger partial charge in [-0.1, -0.05) is 20.8 Å².